The molecular formula is C11H17N3O. The Kier molecular flexibility index (Phi) is 3.10. The summed E-state index contributed by atoms with van der Waals surface area (Å²) in [6.07, 6.45) is 3.50. The standard InChI is InChI=1S/C11H17N3O/c1-8(12-7-15)9-6-14(5)13-10(9)11(2,3)4/h6,8H,1-5H3. The van der Waals surface area contributed by atoms with E-state index < -0.39 is 0 Å². The summed E-state index contributed by atoms with van der Waals surface area (Å²) in [4.78, 5) is 14.0. The molecule has 0 N–H and O–H groups in total. The molecular weight excluding hydrogens is 190 g/mol. The van der Waals surface area contributed by atoms with E-state index in [0.29, 0.717) is 0 Å². The molecule has 4 heteroatoms. The molecule has 0 bridgehead atoms. The third-order valence-corrected chi connectivity index (χ3v) is 2.26. The Morgan fingerprint density at radius 1 is 1.53 bits per heavy atom. The summed E-state index contributed by atoms with van der Waals surface area (Å²) in [6.45, 7) is 8.15. The summed E-state index contributed by atoms with van der Waals surface area (Å²) in [7, 11) is 1.87. The summed E-state index contributed by atoms with van der Waals surface area (Å²) in [6, 6.07) is -0.176. The molecule has 1 atom stereocenters. The topological polar surface area (TPSA) is 47.2 Å². The predicted molar refractivity (Wildman–Crippen MR) is 58.4 cm³/mol. The zero-order chi connectivity index (χ0) is 11.6. The highest BCUT2D eigenvalue weighted by molar-refractivity contribution is 5.36. The minimum atomic E-state index is -0.176. The molecule has 82 valence electrons. The average Bonchev–Trinajstić information content (AvgIpc) is 2.47. The largest absolute Gasteiger partial charge is 0.275 e. The number of hydrogen-bond donors (Lipinski definition) is 0. The van der Waals surface area contributed by atoms with Crippen molar-refractivity contribution < 1.29 is 4.79 Å². The lowest BCUT2D eigenvalue weighted by atomic mass is 9.88. The van der Waals surface area contributed by atoms with Gasteiger partial charge in [0.15, 0.2) is 0 Å². The van der Waals surface area contributed by atoms with Crippen molar-refractivity contribution in [3.05, 3.63) is 17.5 Å². The molecule has 0 fully saturated rings. The Morgan fingerprint density at radius 2 is 2.13 bits per heavy atom. The first-order chi connectivity index (χ1) is 6.86. The van der Waals surface area contributed by atoms with Crippen LogP contribution in [0.15, 0.2) is 11.2 Å². The fraction of sp³-hybridized carbons (Fsp3) is 0.636. The second-order valence-electron chi connectivity index (χ2n) is 4.75. The fourth-order valence-electron chi connectivity index (χ4n) is 1.54. The van der Waals surface area contributed by atoms with E-state index in [4.69, 9.17) is 0 Å². The van der Waals surface area contributed by atoms with Crippen LogP contribution < -0.4 is 0 Å². The van der Waals surface area contributed by atoms with Gasteiger partial charge >= 0.3 is 0 Å². The van der Waals surface area contributed by atoms with E-state index in [1.165, 1.54) is 0 Å². The van der Waals surface area contributed by atoms with Gasteiger partial charge in [-0.3, -0.25) is 4.68 Å². The number of hydrogen-bond acceptors (Lipinski definition) is 3. The number of rotatable bonds is 2. The van der Waals surface area contributed by atoms with E-state index >= 15 is 0 Å². The molecule has 0 aliphatic heterocycles. The zero-order valence-corrected chi connectivity index (χ0v) is 9.90. The van der Waals surface area contributed by atoms with Crippen LogP contribution in [-0.2, 0) is 17.3 Å². The van der Waals surface area contributed by atoms with Gasteiger partial charge in [0.25, 0.3) is 0 Å². The number of aryl methyl sites for hydroxylation is 1. The summed E-state index contributed by atoms with van der Waals surface area (Å²) in [5.74, 6) is 0. The molecule has 1 rings (SSSR count). The van der Waals surface area contributed by atoms with Crippen LogP contribution in [0.5, 0.6) is 0 Å². The number of carbonyl (C=O) groups excluding carboxylic acids is 1. The zero-order valence-electron chi connectivity index (χ0n) is 9.90. The van der Waals surface area contributed by atoms with E-state index in [2.05, 4.69) is 30.9 Å². The molecule has 0 radical (unpaired) electrons. The van der Waals surface area contributed by atoms with Crippen molar-refractivity contribution in [1.29, 1.82) is 0 Å². The first kappa shape index (κ1) is 11.7. The highest BCUT2D eigenvalue weighted by Crippen LogP contribution is 2.29. The maximum absolute atomic E-state index is 10.2. The van der Waals surface area contributed by atoms with Crippen molar-refractivity contribution in [2.75, 3.05) is 0 Å². The van der Waals surface area contributed by atoms with Crippen molar-refractivity contribution in [3.63, 3.8) is 0 Å². The molecule has 0 aromatic carbocycles. The number of isocyanates is 1. The van der Waals surface area contributed by atoms with Crippen molar-refractivity contribution in [2.45, 2.75) is 39.2 Å². The lowest BCUT2D eigenvalue weighted by Crippen LogP contribution is -2.15. The van der Waals surface area contributed by atoms with Crippen LogP contribution in [0.2, 0.25) is 0 Å². The number of nitrogens with zero attached hydrogens (tertiary/aromatic N) is 3. The van der Waals surface area contributed by atoms with Crippen LogP contribution in [0.3, 0.4) is 0 Å². The van der Waals surface area contributed by atoms with Crippen LogP contribution in [0.25, 0.3) is 0 Å². The molecule has 0 aliphatic carbocycles. The highest BCUT2D eigenvalue weighted by Gasteiger charge is 2.24. The van der Waals surface area contributed by atoms with E-state index in [1.807, 2.05) is 20.2 Å². The Labute approximate surface area is 90.0 Å². The van der Waals surface area contributed by atoms with Gasteiger partial charge in [-0.15, -0.1) is 0 Å². The Hall–Kier alpha value is -1.41. The van der Waals surface area contributed by atoms with Crippen molar-refractivity contribution in [2.24, 2.45) is 12.0 Å². The second-order valence-corrected chi connectivity index (χ2v) is 4.75. The average molecular weight is 207 g/mol. The maximum Gasteiger partial charge on any atom is 0.235 e. The Bertz CT molecular complexity index is 394. The van der Waals surface area contributed by atoms with E-state index in [0.717, 1.165) is 11.3 Å². The number of aromatic nitrogens is 2. The third kappa shape index (κ3) is 2.54. The van der Waals surface area contributed by atoms with Gasteiger partial charge in [0.05, 0.1) is 11.7 Å². The molecule has 0 saturated carbocycles. The van der Waals surface area contributed by atoms with Crippen LogP contribution in [0, 0.1) is 0 Å². The van der Waals surface area contributed by atoms with E-state index in [1.54, 1.807) is 10.8 Å². The molecule has 4 nitrogen and oxygen atoms in total. The predicted octanol–water partition coefficient (Wildman–Crippen LogP) is 2.11. The van der Waals surface area contributed by atoms with Gasteiger partial charge in [0, 0.05) is 24.2 Å². The molecule has 0 saturated heterocycles. The summed E-state index contributed by atoms with van der Waals surface area (Å²) < 4.78 is 1.76. The first-order valence-corrected chi connectivity index (χ1v) is 4.97. The lowest BCUT2D eigenvalue weighted by Gasteiger charge is -2.18. The second kappa shape index (κ2) is 3.99. The van der Waals surface area contributed by atoms with Crippen molar-refractivity contribution >= 4 is 6.08 Å². The third-order valence-electron chi connectivity index (χ3n) is 2.26. The molecule has 1 unspecified atom stereocenters. The van der Waals surface area contributed by atoms with Crippen LogP contribution in [-0.4, -0.2) is 15.9 Å². The lowest BCUT2D eigenvalue weighted by molar-refractivity contribution is 0.540. The minimum Gasteiger partial charge on any atom is -0.275 e. The van der Waals surface area contributed by atoms with E-state index in [9.17, 15) is 4.79 Å². The van der Waals surface area contributed by atoms with Crippen LogP contribution in [0.1, 0.15) is 45.0 Å². The highest BCUT2D eigenvalue weighted by atomic mass is 16.1. The van der Waals surface area contributed by atoms with Crippen LogP contribution in [0.4, 0.5) is 0 Å². The smallest absolute Gasteiger partial charge is 0.235 e. The Morgan fingerprint density at radius 3 is 2.60 bits per heavy atom. The van der Waals surface area contributed by atoms with Crippen LogP contribution >= 0.6 is 0 Å². The molecule has 1 heterocycles. The van der Waals surface area contributed by atoms with Gasteiger partial charge in [0.2, 0.25) is 6.08 Å². The maximum atomic E-state index is 10.2. The molecule has 0 aliphatic rings. The van der Waals surface area contributed by atoms with Gasteiger partial charge in [-0.2, -0.15) is 10.1 Å². The monoisotopic (exact) mass is 207 g/mol. The van der Waals surface area contributed by atoms with Crippen molar-refractivity contribution in [3.8, 4) is 0 Å². The Balaban J connectivity index is 3.23. The summed E-state index contributed by atoms with van der Waals surface area (Å²) in [5, 5.41) is 4.41. The molecule has 1 aromatic heterocycles. The summed E-state index contributed by atoms with van der Waals surface area (Å²) >= 11 is 0. The molecule has 0 amide bonds. The van der Waals surface area contributed by atoms with Gasteiger partial charge in [-0.05, 0) is 6.92 Å². The van der Waals surface area contributed by atoms with Gasteiger partial charge < -0.3 is 0 Å². The number of aliphatic imine (C=N–C) groups is 1. The van der Waals surface area contributed by atoms with Gasteiger partial charge in [0.1, 0.15) is 0 Å². The van der Waals surface area contributed by atoms with Crippen molar-refractivity contribution in [1.82, 2.24) is 9.78 Å². The normalized spacial score (nSPS) is 13.4. The van der Waals surface area contributed by atoms with Gasteiger partial charge in [-0.1, -0.05) is 20.8 Å². The first-order valence-electron chi connectivity index (χ1n) is 4.97. The van der Waals surface area contributed by atoms with E-state index in [-0.39, 0.29) is 11.5 Å². The summed E-state index contributed by atoms with van der Waals surface area (Å²) in [5.41, 5.74) is 1.94. The quantitative estimate of drug-likeness (QED) is 0.551. The fourth-order valence-corrected chi connectivity index (χ4v) is 1.54. The minimum absolute atomic E-state index is 0.0384. The molecule has 15 heavy (non-hydrogen) atoms. The molecule has 0 spiro atoms. The SMILES string of the molecule is CC(N=C=O)c1cn(C)nc1C(C)(C)C. The molecule has 1 aromatic rings. The van der Waals surface area contributed by atoms with Gasteiger partial charge in [-0.25, -0.2) is 4.79 Å².